The number of anilines is 1. The molecule has 2 N–H and O–H groups in total. The highest BCUT2D eigenvalue weighted by atomic mass is 19.1. The monoisotopic (exact) mass is 297 g/mol. The van der Waals surface area contributed by atoms with Gasteiger partial charge in [-0.2, -0.15) is 0 Å². The number of ether oxygens (including phenoxy) is 1. The summed E-state index contributed by atoms with van der Waals surface area (Å²) in [5, 5.41) is 5.78. The van der Waals surface area contributed by atoms with Crippen LogP contribution in [0.3, 0.4) is 0 Å². The Bertz CT molecular complexity index is 441. The number of pyridine rings is 1. The van der Waals surface area contributed by atoms with Crippen molar-refractivity contribution in [2.24, 2.45) is 0 Å². The number of nitrogens with one attached hydrogen (secondary N) is 2. The van der Waals surface area contributed by atoms with Gasteiger partial charge in [0.05, 0.1) is 11.8 Å². The van der Waals surface area contributed by atoms with E-state index in [4.69, 9.17) is 4.74 Å². The van der Waals surface area contributed by atoms with Gasteiger partial charge in [-0.15, -0.1) is 0 Å². The van der Waals surface area contributed by atoms with Crippen LogP contribution in [0.25, 0.3) is 0 Å². The van der Waals surface area contributed by atoms with Gasteiger partial charge in [0, 0.05) is 26.3 Å². The molecule has 0 aromatic carbocycles. The van der Waals surface area contributed by atoms with E-state index in [9.17, 15) is 9.18 Å². The number of rotatable bonds is 10. The Morgan fingerprint density at radius 3 is 2.81 bits per heavy atom. The zero-order valence-corrected chi connectivity index (χ0v) is 12.7. The Kier molecular flexibility index (Phi) is 8.35. The molecular weight excluding hydrogens is 273 g/mol. The van der Waals surface area contributed by atoms with E-state index in [-0.39, 0.29) is 11.5 Å². The third kappa shape index (κ3) is 6.53. The molecule has 1 heterocycles. The van der Waals surface area contributed by atoms with E-state index in [0.717, 1.165) is 32.1 Å². The number of aromatic nitrogens is 1. The average molecular weight is 297 g/mol. The highest BCUT2D eigenvalue weighted by molar-refractivity contribution is 5.98. The molecule has 6 heteroatoms. The Hall–Kier alpha value is -1.69. The van der Waals surface area contributed by atoms with Crippen LogP contribution < -0.4 is 10.6 Å². The first-order chi connectivity index (χ1) is 10.2. The van der Waals surface area contributed by atoms with Crippen LogP contribution in [0.1, 0.15) is 43.5 Å². The van der Waals surface area contributed by atoms with Crippen LogP contribution in [0.4, 0.5) is 10.2 Å². The zero-order valence-electron chi connectivity index (χ0n) is 12.7. The number of nitrogens with zero attached hydrogens (tertiary/aromatic N) is 1. The van der Waals surface area contributed by atoms with Crippen molar-refractivity contribution in [2.45, 2.75) is 33.1 Å². The van der Waals surface area contributed by atoms with Crippen molar-refractivity contribution < 1.29 is 13.9 Å². The van der Waals surface area contributed by atoms with Crippen LogP contribution in [-0.2, 0) is 4.74 Å². The van der Waals surface area contributed by atoms with Gasteiger partial charge in [-0.05, 0) is 25.3 Å². The Balaban J connectivity index is 2.50. The Labute approximate surface area is 125 Å². The van der Waals surface area contributed by atoms with E-state index < -0.39 is 5.82 Å². The van der Waals surface area contributed by atoms with Crippen LogP contribution >= 0.6 is 0 Å². The fraction of sp³-hybridized carbons (Fsp3) is 0.600. The van der Waals surface area contributed by atoms with Crippen molar-refractivity contribution in [2.75, 3.05) is 31.6 Å². The second-order valence-electron chi connectivity index (χ2n) is 4.70. The summed E-state index contributed by atoms with van der Waals surface area (Å²) in [6, 6.07) is 1.20. The molecular formula is C15H24FN3O2. The molecule has 1 aromatic heterocycles. The minimum Gasteiger partial charge on any atom is -0.381 e. The van der Waals surface area contributed by atoms with Gasteiger partial charge in [-0.1, -0.05) is 13.8 Å². The lowest BCUT2D eigenvalue weighted by molar-refractivity contribution is 0.0941. The maximum Gasteiger partial charge on any atom is 0.255 e. The molecule has 1 rings (SSSR count). The minimum absolute atomic E-state index is 0.234. The lowest BCUT2D eigenvalue weighted by Gasteiger charge is -2.11. The minimum atomic E-state index is -0.520. The van der Waals surface area contributed by atoms with Gasteiger partial charge >= 0.3 is 0 Å². The summed E-state index contributed by atoms with van der Waals surface area (Å²) in [6.45, 7) is 6.56. The molecule has 0 bridgehead atoms. The van der Waals surface area contributed by atoms with Gasteiger partial charge in [0.25, 0.3) is 5.91 Å². The third-order valence-electron chi connectivity index (χ3n) is 2.74. The van der Waals surface area contributed by atoms with Crippen LogP contribution in [0.2, 0.25) is 0 Å². The van der Waals surface area contributed by atoms with Crippen LogP contribution in [0.15, 0.2) is 12.3 Å². The number of carbonyl (C=O) groups excluding carboxylic acids is 1. The number of hydrogen-bond acceptors (Lipinski definition) is 4. The number of carbonyl (C=O) groups is 1. The number of amides is 1. The number of halogens is 1. The van der Waals surface area contributed by atoms with Crippen LogP contribution in [0.5, 0.6) is 0 Å². The fourth-order valence-corrected chi connectivity index (χ4v) is 1.71. The first-order valence-electron chi connectivity index (χ1n) is 7.44. The molecule has 0 aliphatic heterocycles. The summed E-state index contributed by atoms with van der Waals surface area (Å²) in [5.74, 6) is -0.428. The van der Waals surface area contributed by atoms with E-state index in [0.29, 0.717) is 25.5 Å². The van der Waals surface area contributed by atoms with Crippen molar-refractivity contribution in [3.8, 4) is 0 Å². The molecule has 0 unspecified atom stereocenters. The highest BCUT2D eigenvalue weighted by Crippen LogP contribution is 2.13. The molecule has 0 radical (unpaired) electrons. The molecule has 0 spiro atoms. The fourth-order valence-electron chi connectivity index (χ4n) is 1.71. The maximum atomic E-state index is 13.3. The van der Waals surface area contributed by atoms with E-state index in [1.54, 1.807) is 0 Å². The second-order valence-corrected chi connectivity index (χ2v) is 4.70. The second kappa shape index (κ2) is 10.1. The molecule has 5 nitrogen and oxygen atoms in total. The quantitative estimate of drug-likeness (QED) is 0.652. The summed E-state index contributed by atoms with van der Waals surface area (Å²) in [4.78, 5) is 16.0. The molecule has 0 fully saturated rings. The normalized spacial score (nSPS) is 10.4. The Morgan fingerprint density at radius 2 is 2.10 bits per heavy atom. The first-order valence-corrected chi connectivity index (χ1v) is 7.44. The highest BCUT2D eigenvalue weighted by Gasteiger charge is 2.13. The van der Waals surface area contributed by atoms with E-state index in [1.165, 1.54) is 6.07 Å². The summed E-state index contributed by atoms with van der Waals surface area (Å²) in [5.41, 5.74) is 0.234. The van der Waals surface area contributed by atoms with Crippen molar-refractivity contribution in [1.82, 2.24) is 10.3 Å². The lowest BCUT2D eigenvalue weighted by Crippen LogP contribution is -2.26. The summed E-state index contributed by atoms with van der Waals surface area (Å²) >= 11 is 0. The predicted octanol–water partition coefficient (Wildman–Crippen LogP) is 2.59. The third-order valence-corrected chi connectivity index (χ3v) is 2.74. The molecule has 0 atom stereocenters. The SMILES string of the molecule is CCCNc1ncc(F)cc1C(=O)NCCCOCCC. The summed E-state index contributed by atoms with van der Waals surface area (Å²) in [7, 11) is 0. The van der Waals surface area contributed by atoms with E-state index in [2.05, 4.69) is 15.6 Å². The van der Waals surface area contributed by atoms with Gasteiger partial charge in [-0.3, -0.25) is 4.79 Å². The molecule has 0 aliphatic rings. The van der Waals surface area contributed by atoms with E-state index >= 15 is 0 Å². The average Bonchev–Trinajstić information content (AvgIpc) is 2.49. The lowest BCUT2D eigenvalue weighted by atomic mass is 10.2. The van der Waals surface area contributed by atoms with Crippen LogP contribution in [-0.4, -0.2) is 37.2 Å². The standard InChI is InChI=1S/C15H24FN3O2/c1-3-6-17-14-13(10-12(16)11-19-14)15(20)18-7-5-9-21-8-4-2/h10-11H,3-9H2,1-2H3,(H,17,19)(H,18,20). The number of hydrogen-bond donors (Lipinski definition) is 2. The Morgan fingerprint density at radius 1 is 1.29 bits per heavy atom. The van der Waals surface area contributed by atoms with Gasteiger partial charge < -0.3 is 15.4 Å². The maximum absolute atomic E-state index is 13.3. The summed E-state index contributed by atoms with van der Waals surface area (Å²) in [6.07, 6.45) is 3.71. The van der Waals surface area contributed by atoms with E-state index in [1.807, 2.05) is 13.8 Å². The van der Waals surface area contributed by atoms with Crippen LogP contribution in [0, 0.1) is 5.82 Å². The predicted molar refractivity (Wildman–Crippen MR) is 81.0 cm³/mol. The molecule has 118 valence electrons. The van der Waals surface area contributed by atoms with Gasteiger partial charge in [0.1, 0.15) is 11.6 Å². The molecule has 0 aliphatic carbocycles. The smallest absolute Gasteiger partial charge is 0.255 e. The van der Waals surface area contributed by atoms with Gasteiger partial charge in [0.2, 0.25) is 0 Å². The largest absolute Gasteiger partial charge is 0.381 e. The van der Waals surface area contributed by atoms with Crippen molar-refractivity contribution in [3.63, 3.8) is 0 Å². The summed E-state index contributed by atoms with van der Waals surface area (Å²) < 4.78 is 18.6. The molecule has 1 aromatic rings. The molecule has 21 heavy (non-hydrogen) atoms. The topological polar surface area (TPSA) is 63.2 Å². The van der Waals surface area contributed by atoms with Crippen molar-refractivity contribution in [3.05, 3.63) is 23.6 Å². The molecule has 0 saturated heterocycles. The molecule has 1 amide bonds. The van der Waals surface area contributed by atoms with Crippen molar-refractivity contribution >= 4 is 11.7 Å². The zero-order chi connectivity index (χ0) is 15.5. The van der Waals surface area contributed by atoms with Gasteiger partial charge in [0.15, 0.2) is 0 Å². The first kappa shape index (κ1) is 17.4. The van der Waals surface area contributed by atoms with Crippen molar-refractivity contribution in [1.29, 1.82) is 0 Å². The van der Waals surface area contributed by atoms with Gasteiger partial charge in [-0.25, -0.2) is 9.37 Å². The molecule has 0 saturated carbocycles.